The number of nitriles is 1. The smallest absolute Gasteiger partial charge is 0.0670 e. The van der Waals surface area contributed by atoms with Crippen LogP contribution in [-0.4, -0.2) is 38.6 Å². The molecule has 0 saturated heterocycles. The van der Waals surface area contributed by atoms with Gasteiger partial charge in [-0.2, -0.15) is 5.26 Å². The van der Waals surface area contributed by atoms with Crippen molar-refractivity contribution < 1.29 is 0 Å². The Morgan fingerprint density at radius 1 is 1.21 bits per heavy atom. The van der Waals surface area contributed by atoms with Crippen LogP contribution in [0.2, 0.25) is 0 Å². The molecule has 0 unspecified atom stereocenters. The standard InChI is InChI=1S/C15H24N4/c1-4-9-19(11-10-18(2)3)14-5-6-15(17)13(12-14)7-8-16/h5-6,12H,4,7,9-11,17H2,1-3H3. The van der Waals surface area contributed by atoms with E-state index >= 15 is 0 Å². The van der Waals surface area contributed by atoms with E-state index in [-0.39, 0.29) is 0 Å². The minimum absolute atomic E-state index is 0.368. The summed E-state index contributed by atoms with van der Waals surface area (Å²) >= 11 is 0. The molecular weight excluding hydrogens is 236 g/mol. The van der Waals surface area contributed by atoms with Crippen molar-refractivity contribution in [1.82, 2.24) is 4.90 Å². The molecule has 1 rings (SSSR count). The van der Waals surface area contributed by atoms with Crippen LogP contribution in [0.15, 0.2) is 18.2 Å². The molecule has 0 amide bonds. The quantitative estimate of drug-likeness (QED) is 0.763. The highest BCUT2D eigenvalue weighted by atomic mass is 15.2. The van der Waals surface area contributed by atoms with E-state index in [4.69, 9.17) is 11.0 Å². The Bertz CT molecular complexity index is 434. The molecule has 0 spiro atoms. The van der Waals surface area contributed by atoms with Gasteiger partial charge in [0.05, 0.1) is 12.5 Å². The summed E-state index contributed by atoms with van der Waals surface area (Å²) in [6.45, 7) is 5.19. The van der Waals surface area contributed by atoms with Gasteiger partial charge < -0.3 is 15.5 Å². The minimum Gasteiger partial charge on any atom is -0.398 e. The van der Waals surface area contributed by atoms with Crippen molar-refractivity contribution in [2.75, 3.05) is 44.4 Å². The molecule has 0 bridgehead atoms. The van der Waals surface area contributed by atoms with Crippen LogP contribution in [0.1, 0.15) is 18.9 Å². The van der Waals surface area contributed by atoms with Gasteiger partial charge in [-0.1, -0.05) is 6.92 Å². The molecule has 0 heterocycles. The largest absolute Gasteiger partial charge is 0.398 e. The van der Waals surface area contributed by atoms with Gasteiger partial charge in [0.25, 0.3) is 0 Å². The van der Waals surface area contributed by atoms with E-state index in [1.165, 1.54) is 0 Å². The second-order valence-electron chi connectivity index (χ2n) is 5.01. The van der Waals surface area contributed by atoms with Crippen LogP contribution in [0, 0.1) is 11.3 Å². The summed E-state index contributed by atoms with van der Waals surface area (Å²) in [5, 5.41) is 8.83. The topological polar surface area (TPSA) is 56.3 Å². The van der Waals surface area contributed by atoms with Gasteiger partial charge in [-0.15, -0.1) is 0 Å². The first-order valence-corrected chi connectivity index (χ1v) is 6.73. The first-order valence-electron chi connectivity index (χ1n) is 6.73. The average molecular weight is 260 g/mol. The summed E-state index contributed by atoms with van der Waals surface area (Å²) in [6.07, 6.45) is 1.47. The Kier molecular flexibility index (Phi) is 6.17. The summed E-state index contributed by atoms with van der Waals surface area (Å²) < 4.78 is 0. The van der Waals surface area contributed by atoms with Crippen LogP contribution in [0.4, 0.5) is 11.4 Å². The summed E-state index contributed by atoms with van der Waals surface area (Å²) in [7, 11) is 4.16. The van der Waals surface area contributed by atoms with Gasteiger partial charge in [-0.05, 0) is 44.3 Å². The monoisotopic (exact) mass is 260 g/mol. The van der Waals surface area contributed by atoms with Gasteiger partial charge in [0.2, 0.25) is 0 Å². The highest BCUT2D eigenvalue weighted by molar-refractivity contribution is 5.59. The van der Waals surface area contributed by atoms with Crippen LogP contribution in [0.5, 0.6) is 0 Å². The van der Waals surface area contributed by atoms with Crippen LogP contribution in [0.3, 0.4) is 0 Å². The third kappa shape index (κ3) is 4.80. The third-order valence-electron chi connectivity index (χ3n) is 3.07. The van der Waals surface area contributed by atoms with E-state index in [0.29, 0.717) is 12.1 Å². The maximum absolute atomic E-state index is 8.83. The predicted molar refractivity (Wildman–Crippen MR) is 81.2 cm³/mol. The summed E-state index contributed by atoms with van der Waals surface area (Å²) in [5.74, 6) is 0. The van der Waals surface area contributed by atoms with Crippen molar-refractivity contribution in [3.63, 3.8) is 0 Å². The number of anilines is 2. The number of nitrogen functional groups attached to an aromatic ring is 1. The highest BCUT2D eigenvalue weighted by Gasteiger charge is 2.08. The lowest BCUT2D eigenvalue weighted by atomic mass is 10.1. The molecule has 4 heteroatoms. The number of rotatable bonds is 7. The Balaban J connectivity index is 2.89. The minimum atomic E-state index is 0.368. The maximum atomic E-state index is 8.83. The molecule has 19 heavy (non-hydrogen) atoms. The van der Waals surface area contributed by atoms with Crippen molar-refractivity contribution in [2.45, 2.75) is 19.8 Å². The molecule has 104 valence electrons. The van der Waals surface area contributed by atoms with Crippen molar-refractivity contribution in [1.29, 1.82) is 5.26 Å². The molecule has 0 radical (unpaired) electrons. The SMILES string of the molecule is CCCN(CCN(C)C)c1ccc(N)c(CC#N)c1. The summed E-state index contributed by atoms with van der Waals surface area (Å²) in [5.41, 5.74) is 8.67. The Morgan fingerprint density at radius 2 is 1.95 bits per heavy atom. The summed E-state index contributed by atoms with van der Waals surface area (Å²) in [4.78, 5) is 4.52. The number of nitrogens with zero attached hydrogens (tertiary/aromatic N) is 3. The zero-order valence-electron chi connectivity index (χ0n) is 12.2. The number of hydrogen-bond acceptors (Lipinski definition) is 4. The second kappa shape index (κ2) is 7.65. The second-order valence-corrected chi connectivity index (χ2v) is 5.01. The van der Waals surface area contributed by atoms with Crippen LogP contribution >= 0.6 is 0 Å². The van der Waals surface area contributed by atoms with Crippen LogP contribution in [-0.2, 0) is 6.42 Å². The van der Waals surface area contributed by atoms with Crippen molar-refractivity contribution >= 4 is 11.4 Å². The Morgan fingerprint density at radius 3 is 2.53 bits per heavy atom. The van der Waals surface area contributed by atoms with E-state index in [1.54, 1.807) is 0 Å². The molecule has 1 aromatic carbocycles. The fraction of sp³-hybridized carbons (Fsp3) is 0.533. The zero-order chi connectivity index (χ0) is 14.3. The third-order valence-corrected chi connectivity index (χ3v) is 3.07. The van der Waals surface area contributed by atoms with E-state index in [2.05, 4.69) is 36.9 Å². The lowest BCUT2D eigenvalue weighted by molar-refractivity contribution is 0.413. The molecule has 1 aromatic rings. The number of hydrogen-bond donors (Lipinski definition) is 1. The number of benzene rings is 1. The molecule has 0 fully saturated rings. The van der Waals surface area contributed by atoms with Gasteiger partial charge in [-0.3, -0.25) is 0 Å². The summed E-state index contributed by atoms with van der Waals surface area (Å²) in [6, 6.07) is 8.16. The zero-order valence-corrected chi connectivity index (χ0v) is 12.2. The molecule has 2 N–H and O–H groups in total. The van der Waals surface area contributed by atoms with E-state index in [0.717, 1.165) is 37.3 Å². The van der Waals surface area contributed by atoms with Crippen molar-refractivity contribution in [2.24, 2.45) is 0 Å². The lowest BCUT2D eigenvalue weighted by Gasteiger charge is -2.26. The van der Waals surface area contributed by atoms with Gasteiger partial charge in [-0.25, -0.2) is 0 Å². The molecule has 0 aliphatic carbocycles. The number of nitrogens with two attached hydrogens (primary N) is 1. The molecule has 0 atom stereocenters. The Hall–Kier alpha value is -1.73. The number of likely N-dealkylation sites (N-methyl/N-ethyl adjacent to an activating group) is 1. The molecule has 0 saturated carbocycles. The molecule has 4 nitrogen and oxygen atoms in total. The van der Waals surface area contributed by atoms with Gasteiger partial charge in [0.15, 0.2) is 0 Å². The molecule has 0 aliphatic heterocycles. The Labute approximate surface area is 116 Å². The highest BCUT2D eigenvalue weighted by Crippen LogP contribution is 2.22. The normalized spacial score (nSPS) is 10.5. The van der Waals surface area contributed by atoms with Gasteiger partial charge in [0.1, 0.15) is 0 Å². The predicted octanol–water partition coefficient (Wildman–Crippen LogP) is 2.11. The maximum Gasteiger partial charge on any atom is 0.0670 e. The average Bonchev–Trinajstić information content (AvgIpc) is 2.37. The lowest BCUT2D eigenvalue weighted by Crippen LogP contribution is -2.32. The fourth-order valence-electron chi connectivity index (χ4n) is 1.99. The van der Waals surface area contributed by atoms with E-state index < -0.39 is 0 Å². The molecule has 0 aliphatic rings. The van der Waals surface area contributed by atoms with E-state index in [1.807, 2.05) is 18.2 Å². The van der Waals surface area contributed by atoms with E-state index in [9.17, 15) is 0 Å². The van der Waals surface area contributed by atoms with Crippen molar-refractivity contribution in [3.05, 3.63) is 23.8 Å². The van der Waals surface area contributed by atoms with Gasteiger partial charge in [0, 0.05) is 31.0 Å². The molecular formula is C15H24N4. The van der Waals surface area contributed by atoms with Crippen molar-refractivity contribution in [3.8, 4) is 6.07 Å². The van der Waals surface area contributed by atoms with Crippen LogP contribution in [0.25, 0.3) is 0 Å². The van der Waals surface area contributed by atoms with Crippen LogP contribution < -0.4 is 10.6 Å². The molecule has 0 aromatic heterocycles. The first kappa shape index (κ1) is 15.3. The van der Waals surface area contributed by atoms with Gasteiger partial charge >= 0.3 is 0 Å². The first-order chi connectivity index (χ1) is 9.08. The fourth-order valence-corrected chi connectivity index (χ4v) is 1.99.